The molecule has 1 N–H and O–H groups in total. The van der Waals surface area contributed by atoms with Crippen molar-refractivity contribution in [2.75, 3.05) is 27.2 Å². The van der Waals surface area contributed by atoms with E-state index in [2.05, 4.69) is 9.88 Å². The van der Waals surface area contributed by atoms with Gasteiger partial charge in [0.2, 0.25) is 5.91 Å². The highest BCUT2D eigenvalue weighted by Gasteiger charge is 2.33. The Morgan fingerprint density at radius 1 is 1.52 bits per heavy atom. The minimum atomic E-state index is -0.755. The summed E-state index contributed by atoms with van der Waals surface area (Å²) in [6.07, 6.45) is 6.38. The molecule has 1 aliphatic rings. The van der Waals surface area contributed by atoms with Gasteiger partial charge in [-0.05, 0) is 25.8 Å². The molecule has 0 saturated carbocycles. The van der Waals surface area contributed by atoms with Crippen LogP contribution in [0.5, 0.6) is 0 Å². The summed E-state index contributed by atoms with van der Waals surface area (Å²) in [6.45, 7) is 2.32. The van der Waals surface area contributed by atoms with Crippen LogP contribution in [0.3, 0.4) is 0 Å². The van der Waals surface area contributed by atoms with Gasteiger partial charge in [-0.15, -0.1) is 0 Å². The van der Waals surface area contributed by atoms with Gasteiger partial charge in [-0.25, -0.2) is 4.98 Å². The number of likely N-dealkylation sites (tertiary alicyclic amines) is 1. The summed E-state index contributed by atoms with van der Waals surface area (Å²) in [5.74, 6) is 1.08. The fraction of sp³-hybridized carbons (Fsp3) is 0.733. The van der Waals surface area contributed by atoms with E-state index in [4.69, 9.17) is 0 Å². The van der Waals surface area contributed by atoms with E-state index in [0.29, 0.717) is 19.4 Å². The van der Waals surface area contributed by atoms with Crippen molar-refractivity contribution in [3.05, 3.63) is 18.2 Å². The molecular weight excluding hydrogens is 268 g/mol. The van der Waals surface area contributed by atoms with Crippen LogP contribution in [0.1, 0.15) is 31.5 Å². The lowest BCUT2D eigenvalue weighted by atomic mass is 9.88. The van der Waals surface area contributed by atoms with Crippen molar-refractivity contribution in [2.24, 2.45) is 7.05 Å². The van der Waals surface area contributed by atoms with Crippen molar-refractivity contribution >= 4 is 5.91 Å². The third kappa shape index (κ3) is 4.28. The first-order valence-corrected chi connectivity index (χ1v) is 7.51. The van der Waals surface area contributed by atoms with Crippen LogP contribution in [0, 0.1) is 0 Å². The molecule has 0 bridgehead atoms. The molecule has 6 heteroatoms. The molecule has 2 rings (SSSR count). The number of carbonyl (C=O) groups is 1. The van der Waals surface area contributed by atoms with Crippen LogP contribution >= 0.6 is 0 Å². The lowest BCUT2D eigenvalue weighted by Gasteiger charge is -2.39. The predicted molar refractivity (Wildman–Crippen MR) is 80.6 cm³/mol. The zero-order valence-electron chi connectivity index (χ0n) is 13.2. The number of amides is 1. The molecule has 118 valence electrons. The number of piperidine rings is 1. The molecule has 1 aromatic rings. The van der Waals surface area contributed by atoms with Crippen molar-refractivity contribution in [1.82, 2.24) is 19.4 Å². The molecule has 6 nitrogen and oxygen atoms in total. The Kier molecular flexibility index (Phi) is 5.00. The Hall–Kier alpha value is -1.40. The highest BCUT2D eigenvalue weighted by molar-refractivity contribution is 5.75. The zero-order valence-corrected chi connectivity index (χ0v) is 13.2. The second-order valence-electron chi connectivity index (χ2n) is 6.28. The van der Waals surface area contributed by atoms with Crippen molar-refractivity contribution < 1.29 is 9.90 Å². The quantitative estimate of drug-likeness (QED) is 0.864. The first-order valence-electron chi connectivity index (χ1n) is 7.51. The largest absolute Gasteiger partial charge is 0.389 e. The normalized spacial score (nSPS) is 23.2. The molecule has 0 radical (unpaired) electrons. The van der Waals surface area contributed by atoms with Crippen LogP contribution in [-0.2, 0) is 18.4 Å². The highest BCUT2D eigenvalue weighted by Crippen LogP contribution is 2.26. The molecule has 1 atom stereocenters. The third-order valence-corrected chi connectivity index (χ3v) is 4.22. The first-order chi connectivity index (χ1) is 9.89. The molecule has 0 spiro atoms. The Morgan fingerprint density at radius 2 is 2.29 bits per heavy atom. The van der Waals surface area contributed by atoms with Crippen LogP contribution in [0.4, 0.5) is 0 Å². The Bertz CT molecular complexity index is 486. The average Bonchev–Trinajstić information content (AvgIpc) is 2.82. The van der Waals surface area contributed by atoms with E-state index in [1.165, 1.54) is 0 Å². The number of hydrogen-bond donors (Lipinski definition) is 1. The van der Waals surface area contributed by atoms with E-state index < -0.39 is 5.60 Å². The molecule has 1 aliphatic heterocycles. The monoisotopic (exact) mass is 294 g/mol. The van der Waals surface area contributed by atoms with E-state index >= 15 is 0 Å². The number of imidazole rings is 1. The molecule has 0 unspecified atom stereocenters. The highest BCUT2D eigenvalue weighted by atomic mass is 16.3. The number of hydrogen-bond acceptors (Lipinski definition) is 4. The fourth-order valence-electron chi connectivity index (χ4n) is 2.86. The number of aromatic nitrogens is 2. The Labute approximate surface area is 126 Å². The van der Waals surface area contributed by atoms with E-state index in [1.54, 1.807) is 25.2 Å². The van der Waals surface area contributed by atoms with Crippen LogP contribution in [0.2, 0.25) is 0 Å². The Balaban J connectivity index is 1.90. The minimum absolute atomic E-state index is 0.0737. The summed E-state index contributed by atoms with van der Waals surface area (Å²) in [5.41, 5.74) is -0.755. The average molecular weight is 294 g/mol. The fourth-order valence-corrected chi connectivity index (χ4v) is 2.86. The van der Waals surface area contributed by atoms with E-state index in [9.17, 15) is 9.90 Å². The lowest BCUT2D eigenvalue weighted by Crippen LogP contribution is -2.48. The maximum absolute atomic E-state index is 11.7. The smallest absolute Gasteiger partial charge is 0.222 e. The van der Waals surface area contributed by atoms with Crippen molar-refractivity contribution in [1.29, 1.82) is 0 Å². The second kappa shape index (κ2) is 6.58. The number of aryl methyl sites for hydroxylation is 1. The number of nitrogens with zero attached hydrogens (tertiary/aromatic N) is 4. The summed E-state index contributed by atoms with van der Waals surface area (Å²) in [4.78, 5) is 19.8. The summed E-state index contributed by atoms with van der Waals surface area (Å²) in [6, 6.07) is 0. The molecule has 1 amide bonds. The van der Waals surface area contributed by atoms with E-state index in [1.807, 2.05) is 17.8 Å². The van der Waals surface area contributed by atoms with Crippen LogP contribution in [0.15, 0.2) is 12.4 Å². The summed E-state index contributed by atoms with van der Waals surface area (Å²) < 4.78 is 2.00. The molecule has 1 saturated heterocycles. The first kappa shape index (κ1) is 16.0. The molecule has 1 fully saturated rings. The van der Waals surface area contributed by atoms with Crippen molar-refractivity contribution in [2.45, 2.75) is 37.8 Å². The van der Waals surface area contributed by atoms with Gasteiger partial charge < -0.3 is 14.6 Å². The van der Waals surface area contributed by atoms with Gasteiger partial charge in [0, 0.05) is 46.5 Å². The summed E-state index contributed by atoms with van der Waals surface area (Å²) in [7, 11) is 5.48. The van der Waals surface area contributed by atoms with Gasteiger partial charge in [-0.2, -0.15) is 0 Å². The van der Waals surface area contributed by atoms with Crippen molar-refractivity contribution in [3.63, 3.8) is 0 Å². The third-order valence-electron chi connectivity index (χ3n) is 4.22. The molecule has 2 heterocycles. The molecule has 1 aromatic heterocycles. The van der Waals surface area contributed by atoms with Crippen molar-refractivity contribution in [3.8, 4) is 0 Å². The number of carbonyl (C=O) groups excluding carboxylic acids is 1. The zero-order chi connectivity index (χ0) is 15.5. The maximum atomic E-state index is 11.7. The summed E-state index contributed by atoms with van der Waals surface area (Å²) in [5, 5.41) is 10.7. The van der Waals surface area contributed by atoms with Gasteiger partial charge in [0.05, 0.1) is 12.1 Å². The molecule has 21 heavy (non-hydrogen) atoms. The minimum Gasteiger partial charge on any atom is -0.389 e. The Morgan fingerprint density at radius 3 is 2.90 bits per heavy atom. The lowest BCUT2D eigenvalue weighted by molar-refractivity contribution is -0.130. The van der Waals surface area contributed by atoms with Crippen LogP contribution < -0.4 is 0 Å². The van der Waals surface area contributed by atoms with Gasteiger partial charge in [0.25, 0.3) is 0 Å². The van der Waals surface area contributed by atoms with Gasteiger partial charge in [-0.3, -0.25) is 9.69 Å². The second-order valence-corrected chi connectivity index (χ2v) is 6.28. The predicted octanol–water partition coefficient (Wildman–Crippen LogP) is 0.615. The molecule has 0 aliphatic carbocycles. The topological polar surface area (TPSA) is 61.6 Å². The number of β-amino-alcohol motifs (C(OH)–C–C–N with tert-alkyl or cyclic N) is 1. The van der Waals surface area contributed by atoms with Gasteiger partial charge in [0.15, 0.2) is 0 Å². The standard InChI is InChI=1S/C15H26N4O2/c1-17(2)14(20)5-7-15(21)6-4-9-19(12-15)11-13-16-8-10-18(13)3/h8,10,21H,4-7,9,11-12H2,1-3H3/t15-/m0/s1. The van der Waals surface area contributed by atoms with E-state index in [-0.39, 0.29) is 5.91 Å². The number of aliphatic hydroxyl groups is 1. The number of rotatable bonds is 5. The van der Waals surface area contributed by atoms with Crippen LogP contribution in [-0.4, -0.2) is 63.2 Å². The van der Waals surface area contributed by atoms with Gasteiger partial charge in [-0.1, -0.05) is 0 Å². The maximum Gasteiger partial charge on any atom is 0.222 e. The summed E-state index contributed by atoms with van der Waals surface area (Å²) >= 11 is 0. The SMILES string of the molecule is CN(C)C(=O)CC[C@@]1(O)CCCN(Cc2nccn2C)C1. The molecular formula is C15H26N4O2. The van der Waals surface area contributed by atoms with Crippen LogP contribution in [0.25, 0.3) is 0 Å². The van der Waals surface area contributed by atoms with Gasteiger partial charge in [0.1, 0.15) is 5.82 Å². The van der Waals surface area contributed by atoms with Gasteiger partial charge >= 0.3 is 0 Å². The van der Waals surface area contributed by atoms with E-state index in [0.717, 1.165) is 31.8 Å². The molecule has 0 aromatic carbocycles.